The van der Waals surface area contributed by atoms with E-state index in [-0.39, 0.29) is 13.2 Å². The van der Waals surface area contributed by atoms with Gasteiger partial charge in [-0.2, -0.15) is 13.2 Å². The van der Waals surface area contributed by atoms with Crippen LogP contribution in [0, 0.1) is 10.8 Å². The van der Waals surface area contributed by atoms with E-state index in [2.05, 4.69) is 0 Å². The Hall–Kier alpha value is -0.120. The van der Waals surface area contributed by atoms with Gasteiger partial charge in [0, 0.05) is 16.9 Å². The number of rotatable bonds is 4. The third-order valence-corrected chi connectivity index (χ3v) is 9.25. The summed E-state index contributed by atoms with van der Waals surface area (Å²) >= 11 is 2.99. The molecular formula is C16H25F3O4S2. The number of esters is 1. The van der Waals surface area contributed by atoms with Crippen LogP contribution in [0.3, 0.4) is 0 Å². The Morgan fingerprint density at radius 1 is 1.16 bits per heavy atom. The van der Waals surface area contributed by atoms with Crippen LogP contribution in [0.5, 0.6) is 0 Å². The SMILES string of the molecule is CC(C)(C(=O)OC1CCCCC12SCC(CO)(CO)CS2)C(F)(F)F. The van der Waals surface area contributed by atoms with Crippen molar-refractivity contribution in [3.63, 3.8) is 0 Å². The van der Waals surface area contributed by atoms with Gasteiger partial charge in [-0.15, -0.1) is 23.5 Å². The number of ether oxygens (including phenoxy) is 1. The van der Waals surface area contributed by atoms with Crippen molar-refractivity contribution in [1.29, 1.82) is 0 Å². The molecule has 1 saturated carbocycles. The molecule has 9 heteroatoms. The molecule has 1 saturated heterocycles. The normalized spacial score (nSPS) is 26.4. The Labute approximate surface area is 154 Å². The summed E-state index contributed by atoms with van der Waals surface area (Å²) in [5.41, 5.74) is -3.15. The van der Waals surface area contributed by atoms with Gasteiger partial charge < -0.3 is 14.9 Å². The van der Waals surface area contributed by atoms with E-state index >= 15 is 0 Å². The molecule has 2 N–H and O–H groups in total. The monoisotopic (exact) mass is 402 g/mol. The van der Waals surface area contributed by atoms with Gasteiger partial charge in [0.1, 0.15) is 6.10 Å². The summed E-state index contributed by atoms with van der Waals surface area (Å²) in [6, 6.07) is 0. The third kappa shape index (κ3) is 4.09. The van der Waals surface area contributed by atoms with Crippen molar-refractivity contribution < 1.29 is 32.9 Å². The van der Waals surface area contributed by atoms with Gasteiger partial charge in [0.2, 0.25) is 0 Å². The van der Waals surface area contributed by atoms with Crippen LogP contribution >= 0.6 is 23.5 Å². The van der Waals surface area contributed by atoms with E-state index in [1.807, 2.05) is 0 Å². The summed E-state index contributed by atoms with van der Waals surface area (Å²) in [6.45, 7) is 1.39. The van der Waals surface area contributed by atoms with Gasteiger partial charge in [-0.3, -0.25) is 4.79 Å². The average Bonchev–Trinajstić information content (AvgIpc) is 2.57. The first-order valence-corrected chi connectivity index (χ1v) is 10.3. The van der Waals surface area contributed by atoms with Gasteiger partial charge in [0.25, 0.3) is 0 Å². The molecule has 1 heterocycles. The largest absolute Gasteiger partial charge is 0.459 e. The fourth-order valence-electron chi connectivity index (χ4n) is 2.82. The highest BCUT2D eigenvalue weighted by Gasteiger charge is 2.57. The van der Waals surface area contributed by atoms with Crippen molar-refractivity contribution >= 4 is 29.5 Å². The van der Waals surface area contributed by atoms with E-state index in [0.717, 1.165) is 33.1 Å². The molecule has 25 heavy (non-hydrogen) atoms. The number of alkyl halides is 3. The number of hydrogen-bond donors (Lipinski definition) is 2. The Bertz CT molecular complexity index is 482. The van der Waals surface area contributed by atoms with E-state index in [1.54, 1.807) is 0 Å². The molecular weight excluding hydrogens is 377 g/mol. The lowest BCUT2D eigenvalue weighted by Crippen LogP contribution is -2.52. The predicted octanol–water partition coefficient (Wildman–Crippen LogP) is 3.21. The Balaban J connectivity index is 2.13. The first-order valence-electron chi connectivity index (χ1n) is 8.29. The number of carbonyl (C=O) groups is 1. The van der Waals surface area contributed by atoms with Crippen LogP contribution in [-0.2, 0) is 9.53 Å². The zero-order valence-corrected chi connectivity index (χ0v) is 16.0. The van der Waals surface area contributed by atoms with Gasteiger partial charge in [-0.05, 0) is 33.1 Å². The van der Waals surface area contributed by atoms with Crippen molar-refractivity contribution in [2.75, 3.05) is 24.7 Å². The van der Waals surface area contributed by atoms with Crippen LogP contribution in [0.2, 0.25) is 0 Å². The molecule has 146 valence electrons. The first-order chi connectivity index (χ1) is 11.5. The fourth-order valence-corrected chi connectivity index (χ4v) is 6.59. The Kier molecular flexibility index (Phi) is 6.34. The van der Waals surface area contributed by atoms with Crippen molar-refractivity contribution in [2.45, 2.75) is 55.9 Å². The van der Waals surface area contributed by atoms with E-state index in [4.69, 9.17) is 4.74 Å². The zero-order chi connectivity index (χ0) is 18.9. The zero-order valence-electron chi connectivity index (χ0n) is 14.4. The Morgan fingerprint density at radius 2 is 1.72 bits per heavy atom. The summed E-state index contributed by atoms with van der Waals surface area (Å²) in [4.78, 5) is 12.2. The van der Waals surface area contributed by atoms with Crippen LogP contribution in [-0.4, -0.2) is 57.3 Å². The van der Waals surface area contributed by atoms with Gasteiger partial charge >= 0.3 is 12.1 Å². The number of thioether (sulfide) groups is 2. The van der Waals surface area contributed by atoms with E-state index < -0.39 is 33.2 Å². The van der Waals surface area contributed by atoms with E-state index in [0.29, 0.717) is 17.9 Å². The molecule has 0 aromatic carbocycles. The second-order valence-electron chi connectivity index (χ2n) is 7.47. The molecule has 1 unspecified atom stereocenters. The molecule has 2 rings (SSSR count). The summed E-state index contributed by atoms with van der Waals surface area (Å²) < 4.78 is 44.2. The maximum absolute atomic E-state index is 13.1. The van der Waals surface area contributed by atoms with Crippen molar-refractivity contribution in [3.05, 3.63) is 0 Å². The van der Waals surface area contributed by atoms with E-state index in [9.17, 15) is 28.2 Å². The fraction of sp³-hybridized carbons (Fsp3) is 0.938. The lowest BCUT2D eigenvalue weighted by molar-refractivity contribution is -0.228. The van der Waals surface area contributed by atoms with Crippen molar-refractivity contribution in [3.8, 4) is 0 Å². The van der Waals surface area contributed by atoms with Crippen LogP contribution < -0.4 is 0 Å². The van der Waals surface area contributed by atoms with E-state index in [1.165, 1.54) is 23.5 Å². The lowest BCUT2D eigenvalue weighted by atomic mass is 9.91. The van der Waals surface area contributed by atoms with Crippen LogP contribution in [0.25, 0.3) is 0 Å². The van der Waals surface area contributed by atoms with Crippen LogP contribution in [0.15, 0.2) is 0 Å². The first kappa shape index (κ1) is 21.2. The highest BCUT2D eigenvalue weighted by Crippen LogP contribution is 2.56. The van der Waals surface area contributed by atoms with Gasteiger partial charge in [-0.25, -0.2) is 0 Å². The highest BCUT2D eigenvalue weighted by molar-refractivity contribution is 8.19. The third-order valence-electron chi connectivity index (χ3n) is 5.12. The molecule has 1 spiro atoms. The number of aliphatic hydroxyl groups excluding tert-OH is 2. The summed E-state index contributed by atoms with van der Waals surface area (Å²) in [5, 5.41) is 19.1. The second kappa shape index (κ2) is 7.48. The highest BCUT2D eigenvalue weighted by atomic mass is 32.2. The lowest BCUT2D eigenvalue weighted by Gasteiger charge is -2.49. The van der Waals surface area contributed by atoms with Gasteiger partial charge in [-0.1, -0.05) is 6.42 Å². The molecule has 0 aromatic rings. The molecule has 0 bridgehead atoms. The minimum absolute atomic E-state index is 0.148. The number of hydrogen-bond acceptors (Lipinski definition) is 6. The van der Waals surface area contributed by atoms with Crippen LogP contribution in [0.4, 0.5) is 13.2 Å². The average molecular weight is 402 g/mol. The van der Waals surface area contributed by atoms with Gasteiger partial charge in [0.15, 0.2) is 5.41 Å². The summed E-state index contributed by atoms with van der Waals surface area (Å²) in [6.07, 6.45) is -2.27. The summed E-state index contributed by atoms with van der Waals surface area (Å²) in [7, 11) is 0. The van der Waals surface area contributed by atoms with Crippen molar-refractivity contribution in [1.82, 2.24) is 0 Å². The molecule has 2 fully saturated rings. The predicted molar refractivity (Wildman–Crippen MR) is 92.4 cm³/mol. The molecule has 1 atom stereocenters. The quantitative estimate of drug-likeness (QED) is 0.704. The molecule has 0 radical (unpaired) electrons. The maximum atomic E-state index is 13.1. The van der Waals surface area contributed by atoms with Crippen molar-refractivity contribution in [2.24, 2.45) is 10.8 Å². The molecule has 0 amide bonds. The minimum atomic E-state index is -4.66. The Morgan fingerprint density at radius 3 is 2.20 bits per heavy atom. The number of carbonyl (C=O) groups excluding carboxylic acids is 1. The maximum Gasteiger partial charge on any atom is 0.404 e. The summed E-state index contributed by atoms with van der Waals surface area (Å²) in [5.74, 6) is -0.262. The molecule has 1 aliphatic heterocycles. The molecule has 1 aliphatic carbocycles. The smallest absolute Gasteiger partial charge is 0.404 e. The van der Waals surface area contributed by atoms with Crippen LogP contribution in [0.1, 0.15) is 39.5 Å². The molecule has 0 aromatic heterocycles. The molecule has 2 aliphatic rings. The number of aliphatic hydroxyl groups is 2. The molecule has 4 nitrogen and oxygen atoms in total. The minimum Gasteiger partial charge on any atom is -0.459 e. The van der Waals surface area contributed by atoms with Gasteiger partial charge in [0.05, 0.1) is 17.3 Å². The second-order valence-corrected chi connectivity index (χ2v) is 10.3. The standard InChI is InChI=1S/C16H25F3O4S2/c1-13(2,16(17,18)19)12(22)23-11-5-3-4-6-15(11)24-9-14(7-20,8-21)10-25-15/h11,20-21H,3-10H2,1-2H3. The number of halogens is 3. The topological polar surface area (TPSA) is 66.8 Å².